The van der Waals surface area contributed by atoms with Gasteiger partial charge in [-0.1, -0.05) is 25.5 Å². The van der Waals surface area contributed by atoms with E-state index in [4.69, 9.17) is 0 Å². The molecule has 0 amide bonds. The summed E-state index contributed by atoms with van der Waals surface area (Å²) in [6.45, 7) is 6.55. The normalized spacial score (nSPS) is 28.4. The molecule has 0 aromatic carbocycles. The maximum Gasteiger partial charge on any atom is 0.0536 e. The van der Waals surface area contributed by atoms with E-state index < -0.39 is 0 Å². The Morgan fingerprint density at radius 1 is 1.24 bits per heavy atom. The Morgan fingerprint density at radius 2 is 2.00 bits per heavy atom. The lowest BCUT2D eigenvalue weighted by Gasteiger charge is -2.41. The summed E-state index contributed by atoms with van der Waals surface area (Å²) in [5, 5.41) is 3.47. The Balaban J connectivity index is 1.94. The first-order valence-corrected chi connectivity index (χ1v) is 7.09. The van der Waals surface area contributed by atoms with Crippen LogP contribution >= 0.6 is 0 Å². The summed E-state index contributed by atoms with van der Waals surface area (Å²) in [6, 6.07) is 0.454. The largest absolute Gasteiger partial charge is 0.310 e. The van der Waals surface area contributed by atoms with Crippen LogP contribution in [0.2, 0.25) is 0 Å². The van der Waals surface area contributed by atoms with E-state index in [1.54, 1.807) is 22.3 Å². The number of hydrogen-bond donors (Lipinski definition) is 1. The number of nitrogens with one attached hydrogen (secondary N) is 1. The lowest BCUT2D eigenvalue weighted by Crippen LogP contribution is -2.38. The van der Waals surface area contributed by atoms with Crippen LogP contribution in [-0.2, 0) is 0 Å². The van der Waals surface area contributed by atoms with Crippen molar-refractivity contribution in [3.8, 4) is 0 Å². The molecule has 0 bridgehead atoms. The molecular formula is C16H23N. The third-order valence-electron chi connectivity index (χ3n) is 4.47. The van der Waals surface area contributed by atoms with Crippen molar-refractivity contribution in [3.05, 3.63) is 34.4 Å². The fourth-order valence-electron chi connectivity index (χ4n) is 3.56. The van der Waals surface area contributed by atoms with Gasteiger partial charge in [-0.3, -0.25) is 0 Å². The second kappa shape index (κ2) is 4.13. The molecule has 2 saturated carbocycles. The summed E-state index contributed by atoms with van der Waals surface area (Å²) in [5.41, 5.74) is 8.20. The van der Waals surface area contributed by atoms with Crippen molar-refractivity contribution in [2.75, 3.05) is 7.05 Å². The molecule has 0 aromatic rings. The molecule has 17 heavy (non-hydrogen) atoms. The van der Waals surface area contributed by atoms with Gasteiger partial charge < -0.3 is 5.32 Å². The minimum absolute atomic E-state index is 0.454. The zero-order valence-corrected chi connectivity index (χ0v) is 11.1. The van der Waals surface area contributed by atoms with E-state index in [-0.39, 0.29) is 0 Å². The number of rotatable bonds is 4. The van der Waals surface area contributed by atoms with Gasteiger partial charge in [0.05, 0.1) is 6.04 Å². The van der Waals surface area contributed by atoms with Crippen molar-refractivity contribution >= 4 is 0 Å². The molecule has 1 nitrogen and oxygen atoms in total. The van der Waals surface area contributed by atoms with Gasteiger partial charge in [0.2, 0.25) is 0 Å². The Labute approximate surface area is 105 Å². The SMILES string of the molecule is C=C1CCC2=C(CCC)C(C3CC3)=C2C1NC. The van der Waals surface area contributed by atoms with Gasteiger partial charge in [0.1, 0.15) is 0 Å². The minimum Gasteiger partial charge on any atom is -0.310 e. The van der Waals surface area contributed by atoms with E-state index >= 15 is 0 Å². The van der Waals surface area contributed by atoms with E-state index in [2.05, 4.69) is 25.9 Å². The smallest absolute Gasteiger partial charge is 0.0536 e. The molecule has 1 heteroatoms. The van der Waals surface area contributed by atoms with Crippen molar-refractivity contribution in [1.29, 1.82) is 0 Å². The van der Waals surface area contributed by atoms with Gasteiger partial charge in [-0.2, -0.15) is 0 Å². The minimum atomic E-state index is 0.454. The van der Waals surface area contributed by atoms with Gasteiger partial charge in [-0.05, 0) is 67.4 Å². The van der Waals surface area contributed by atoms with Crippen LogP contribution in [0.1, 0.15) is 45.4 Å². The second-order valence-corrected chi connectivity index (χ2v) is 5.69. The third kappa shape index (κ3) is 1.63. The summed E-state index contributed by atoms with van der Waals surface area (Å²) in [4.78, 5) is 0. The number of hydrogen-bond acceptors (Lipinski definition) is 1. The summed E-state index contributed by atoms with van der Waals surface area (Å²) in [5.74, 6) is 0.900. The molecule has 0 heterocycles. The Kier molecular flexibility index (Phi) is 2.74. The van der Waals surface area contributed by atoms with Crippen molar-refractivity contribution < 1.29 is 0 Å². The van der Waals surface area contributed by atoms with Gasteiger partial charge in [-0.25, -0.2) is 0 Å². The van der Waals surface area contributed by atoms with Gasteiger partial charge in [-0.15, -0.1) is 0 Å². The lowest BCUT2D eigenvalue weighted by molar-refractivity contribution is 0.609. The average molecular weight is 229 g/mol. The zero-order valence-electron chi connectivity index (χ0n) is 11.1. The highest BCUT2D eigenvalue weighted by Crippen LogP contribution is 2.55. The Hall–Kier alpha value is -0.820. The molecule has 0 spiro atoms. The topological polar surface area (TPSA) is 12.0 Å². The molecule has 92 valence electrons. The summed E-state index contributed by atoms with van der Waals surface area (Å²) >= 11 is 0. The lowest BCUT2D eigenvalue weighted by atomic mass is 9.66. The zero-order chi connectivity index (χ0) is 12.0. The van der Waals surface area contributed by atoms with Crippen LogP contribution in [0.4, 0.5) is 0 Å². The van der Waals surface area contributed by atoms with Crippen LogP contribution in [0.15, 0.2) is 34.4 Å². The molecular weight excluding hydrogens is 206 g/mol. The Bertz CT molecular complexity index is 421. The second-order valence-electron chi connectivity index (χ2n) is 5.69. The van der Waals surface area contributed by atoms with Crippen molar-refractivity contribution in [1.82, 2.24) is 5.32 Å². The van der Waals surface area contributed by atoms with E-state index in [0.717, 1.165) is 5.92 Å². The average Bonchev–Trinajstić information content (AvgIpc) is 3.11. The summed E-state index contributed by atoms with van der Waals surface area (Å²) in [7, 11) is 2.08. The van der Waals surface area contributed by atoms with Crippen LogP contribution < -0.4 is 5.32 Å². The molecule has 0 radical (unpaired) electrons. The molecule has 2 fully saturated rings. The maximum absolute atomic E-state index is 4.25. The van der Waals surface area contributed by atoms with Gasteiger partial charge >= 0.3 is 0 Å². The molecule has 3 aliphatic carbocycles. The van der Waals surface area contributed by atoms with E-state index in [1.165, 1.54) is 44.1 Å². The molecule has 1 unspecified atom stereocenters. The highest BCUT2D eigenvalue weighted by Gasteiger charge is 2.42. The number of allylic oxidation sites excluding steroid dienone is 2. The molecule has 1 N–H and O–H groups in total. The van der Waals surface area contributed by atoms with E-state index in [0.29, 0.717) is 6.04 Å². The first kappa shape index (κ1) is 11.3. The monoisotopic (exact) mass is 229 g/mol. The van der Waals surface area contributed by atoms with Crippen molar-refractivity contribution in [2.24, 2.45) is 5.92 Å². The van der Waals surface area contributed by atoms with E-state index in [1.807, 2.05) is 0 Å². The van der Waals surface area contributed by atoms with Gasteiger partial charge in [0.15, 0.2) is 0 Å². The Morgan fingerprint density at radius 3 is 2.59 bits per heavy atom. The van der Waals surface area contributed by atoms with Crippen LogP contribution in [0.3, 0.4) is 0 Å². The van der Waals surface area contributed by atoms with E-state index in [9.17, 15) is 0 Å². The van der Waals surface area contributed by atoms with Crippen LogP contribution in [0.5, 0.6) is 0 Å². The van der Waals surface area contributed by atoms with Crippen molar-refractivity contribution in [2.45, 2.75) is 51.5 Å². The third-order valence-corrected chi connectivity index (χ3v) is 4.47. The highest BCUT2D eigenvalue weighted by atomic mass is 14.9. The number of likely N-dealkylation sites (N-methyl/N-ethyl adjacent to an activating group) is 1. The molecule has 0 aromatic heterocycles. The number of fused-ring (bicyclic) bond motifs is 1. The molecule has 1 atom stereocenters. The van der Waals surface area contributed by atoms with Crippen LogP contribution in [0.25, 0.3) is 0 Å². The van der Waals surface area contributed by atoms with Gasteiger partial charge in [0, 0.05) is 0 Å². The first-order valence-electron chi connectivity index (χ1n) is 7.09. The first-order chi connectivity index (χ1) is 8.27. The molecule has 3 aliphatic rings. The summed E-state index contributed by atoms with van der Waals surface area (Å²) < 4.78 is 0. The predicted octanol–water partition coefficient (Wildman–Crippen LogP) is 3.74. The molecule has 3 rings (SSSR count). The fourth-order valence-corrected chi connectivity index (χ4v) is 3.56. The standard InChI is InChI=1S/C16H23N/c1-4-5-12-13-9-6-10(2)16(17-3)15(13)14(12)11-7-8-11/h11,16-17H,2,4-9H2,1,3H3. The predicted molar refractivity (Wildman–Crippen MR) is 72.9 cm³/mol. The van der Waals surface area contributed by atoms with Crippen molar-refractivity contribution in [3.63, 3.8) is 0 Å². The summed E-state index contributed by atoms with van der Waals surface area (Å²) in [6.07, 6.45) is 7.85. The molecule has 0 saturated heterocycles. The van der Waals surface area contributed by atoms with Gasteiger partial charge in [0.25, 0.3) is 0 Å². The molecule has 0 aliphatic heterocycles. The quantitative estimate of drug-likeness (QED) is 0.724. The maximum atomic E-state index is 4.25. The van der Waals surface area contributed by atoms with Crippen LogP contribution in [0, 0.1) is 5.92 Å². The highest BCUT2D eigenvalue weighted by molar-refractivity contribution is 5.66. The fraction of sp³-hybridized carbons (Fsp3) is 0.625. The van der Waals surface area contributed by atoms with Crippen LogP contribution in [-0.4, -0.2) is 13.1 Å².